The number of hydrogen-bond acceptors (Lipinski definition) is 1. The summed E-state index contributed by atoms with van der Waals surface area (Å²) in [5.41, 5.74) is 0.637. The molecule has 1 heterocycles. The van der Waals surface area contributed by atoms with Gasteiger partial charge in [-0.1, -0.05) is 6.07 Å². The molecule has 0 saturated carbocycles. The zero-order chi connectivity index (χ0) is 8.69. The van der Waals surface area contributed by atoms with Crippen LogP contribution in [-0.4, -0.2) is 4.98 Å². The molecule has 0 saturated heterocycles. The van der Waals surface area contributed by atoms with Gasteiger partial charge < -0.3 is 0 Å². The van der Waals surface area contributed by atoms with Crippen molar-refractivity contribution in [1.29, 1.82) is 0 Å². The van der Waals surface area contributed by atoms with Crippen LogP contribution >= 0.6 is 0 Å². The van der Waals surface area contributed by atoms with Crippen molar-refractivity contribution in [3.05, 3.63) is 43.2 Å². The second-order valence-electron chi connectivity index (χ2n) is 1.90. The highest BCUT2D eigenvalue weighted by atomic mass is 19.1. The van der Waals surface area contributed by atoms with Gasteiger partial charge in [0.2, 0.25) is 0 Å². The summed E-state index contributed by atoms with van der Waals surface area (Å²) in [6.45, 7) is 7.50. The minimum absolute atomic E-state index is 0.637. The van der Waals surface area contributed by atoms with Crippen LogP contribution < -0.4 is 0 Å². The molecule has 1 unspecified atom stereocenters. The molecule has 0 fully saturated rings. The fourth-order valence-corrected chi connectivity index (χ4v) is 0.611. The highest BCUT2D eigenvalue weighted by Crippen LogP contribution is 2.12. The van der Waals surface area contributed by atoms with Crippen molar-refractivity contribution in [3.8, 4) is 0 Å². The Morgan fingerprint density at radius 3 is 2.45 bits per heavy atom. The van der Waals surface area contributed by atoms with Crippen molar-refractivity contribution >= 4 is 0 Å². The average Bonchev–Trinajstić information content (AvgIpc) is 2.10. The Hall–Kier alpha value is -1.18. The summed E-state index contributed by atoms with van der Waals surface area (Å²) in [5.74, 6) is 0. The standard InChI is InChI=1S/C7H8FN.C2H4/c1-6(8)7-3-2-4-9-5-7;1-2/h2-6H,1H3;1-2H2. The molecule has 1 nitrogen and oxygen atoms in total. The first-order valence-corrected chi connectivity index (χ1v) is 3.34. The number of alkyl halides is 1. The largest absolute Gasteiger partial charge is 0.264 e. The normalized spacial score (nSPS) is 11.1. The number of aromatic nitrogens is 1. The molecule has 1 rings (SSSR count). The Bertz CT molecular complexity index is 184. The van der Waals surface area contributed by atoms with Gasteiger partial charge in [-0.2, -0.15) is 0 Å². The highest BCUT2D eigenvalue weighted by Gasteiger charge is 1.98. The maximum atomic E-state index is 12.4. The maximum absolute atomic E-state index is 12.4. The van der Waals surface area contributed by atoms with Crippen molar-refractivity contribution in [2.24, 2.45) is 0 Å². The van der Waals surface area contributed by atoms with Gasteiger partial charge in [-0.05, 0) is 13.0 Å². The van der Waals surface area contributed by atoms with Gasteiger partial charge in [-0.25, -0.2) is 4.39 Å². The first kappa shape index (κ1) is 9.82. The summed E-state index contributed by atoms with van der Waals surface area (Å²) >= 11 is 0. The summed E-state index contributed by atoms with van der Waals surface area (Å²) in [6, 6.07) is 3.45. The second-order valence-corrected chi connectivity index (χ2v) is 1.90. The molecule has 0 aliphatic rings. The first-order chi connectivity index (χ1) is 5.30. The van der Waals surface area contributed by atoms with Crippen LogP contribution in [0.4, 0.5) is 4.39 Å². The zero-order valence-corrected chi connectivity index (χ0v) is 6.63. The number of pyridine rings is 1. The summed E-state index contributed by atoms with van der Waals surface area (Å²) in [4.78, 5) is 3.77. The number of rotatable bonds is 1. The quantitative estimate of drug-likeness (QED) is 0.565. The van der Waals surface area contributed by atoms with E-state index in [0.717, 1.165) is 0 Å². The van der Waals surface area contributed by atoms with Gasteiger partial charge >= 0.3 is 0 Å². The van der Waals surface area contributed by atoms with Crippen LogP contribution in [0.2, 0.25) is 0 Å². The van der Waals surface area contributed by atoms with E-state index < -0.39 is 6.17 Å². The number of hydrogen-bond donors (Lipinski definition) is 0. The van der Waals surface area contributed by atoms with E-state index in [1.807, 2.05) is 0 Å². The molecule has 1 atom stereocenters. The molecule has 0 aliphatic heterocycles. The molecule has 0 bridgehead atoms. The van der Waals surface area contributed by atoms with Gasteiger partial charge in [0.25, 0.3) is 0 Å². The Labute approximate surface area is 66.6 Å². The SMILES string of the molecule is C=C.CC(F)c1cccnc1. The van der Waals surface area contributed by atoms with Gasteiger partial charge in [0, 0.05) is 18.0 Å². The minimum Gasteiger partial charge on any atom is -0.264 e. The van der Waals surface area contributed by atoms with Crippen LogP contribution in [0, 0.1) is 0 Å². The Kier molecular flexibility index (Phi) is 4.99. The van der Waals surface area contributed by atoms with E-state index in [-0.39, 0.29) is 0 Å². The fraction of sp³-hybridized carbons (Fsp3) is 0.222. The summed E-state index contributed by atoms with van der Waals surface area (Å²) < 4.78 is 12.4. The molecule has 0 aromatic carbocycles. The molecule has 0 N–H and O–H groups in total. The predicted molar refractivity (Wildman–Crippen MR) is 45.0 cm³/mol. The van der Waals surface area contributed by atoms with Crippen molar-refractivity contribution in [3.63, 3.8) is 0 Å². The van der Waals surface area contributed by atoms with Crippen molar-refractivity contribution < 1.29 is 4.39 Å². The molecule has 2 heteroatoms. The summed E-state index contributed by atoms with van der Waals surface area (Å²) in [6.07, 6.45) is 2.26. The monoisotopic (exact) mass is 153 g/mol. The molecule has 11 heavy (non-hydrogen) atoms. The van der Waals surface area contributed by atoms with Crippen LogP contribution in [0.1, 0.15) is 18.7 Å². The van der Waals surface area contributed by atoms with Gasteiger partial charge in [0.15, 0.2) is 0 Å². The lowest BCUT2D eigenvalue weighted by molar-refractivity contribution is 0.373. The zero-order valence-electron chi connectivity index (χ0n) is 6.63. The Balaban J connectivity index is 0.000000461. The van der Waals surface area contributed by atoms with Crippen molar-refractivity contribution in [1.82, 2.24) is 4.98 Å². The minimum atomic E-state index is -0.904. The van der Waals surface area contributed by atoms with E-state index in [4.69, 9.17) is 0 Å². The molecular weight excluding hydrogens is 141 g/mol. The van der Waals surface area contributed by atoms with Gasteiger partial charge in [0.05, 0.1) is 0 Å². The molecule has 0 spiro atoms. The van der Waals surface area contributed by atoms with Crippen LogP contribution in [0.5, 0.6) is 0 Å². The molecule has 0 aliphatic carbocycles. The van der Waals surface area contributed by atoms with Crippen molar-refractivity contribution in [2.45, 2.75) is 13.1 Å². The molecule has 1 aromatic rings. The number of nitrogens with zero attached hydrogens (tertiary/aromatic N) is 1. The second kappa shape index (κ2) is 5.59. The van der Waals surface area contributed by atoms with E-state index in [0.29, 0.717) is 5.56 Å². The Morgan fingerprint density at radius 2 is 2.18 bits per heavy atom. The van der Waals surface area contributed by atoms with E-state index in [1.54, 1.807) is 18.3 Å². The number of halogens is 1. The van der Waals surface area contributed by atoms with Gasteiger partial charge in [-0.3, -0.25) is 4.98 Å². The van der Waals surface area contributed by atoms with Crippen LogP contribution in [0.3, 0.4) is 0 Å². The third-order valence-corrected chi connectivity index (χ3v) is 1.14. The third kappa shape index (κ3) is 3.50. The van der Waals surface area contributed by atoms with Crippen LogP contribution in [0.25, 0.3) is 0 Å². The van der Waals surface area contributed by atoms with Crippen LogP contribution in [-0.2, 0) is 0 Å². The lowest BCUT2D eigenvalue weighted by Gasteiger charge is -1.97. The molecule has 60 valence electrons. The molecule has 1 aromatic heterocycles. The van der Waals surface area contributed by atoms with E-state index >= 15 is 0 Å². The topological polar surface area (TPSA) is 12.9 Å². The molecule has 0 radical (unpaired) electrons. The Morgan fingerprint density at radius 1 is 1.55 bits per heavy atom. The summed E-state index contributed by atoms with van der Waals surface area (Å²) in [5, 5.41) is 0. The molecular formula is C9H12FN. The summed E-state index contributed by atoms with van der Waals surface area (Å²) in [7, 11) is 0. The van der Waals surface area contributed by atoms with E-state index in [1.165, 1.54) is 13.1 Å². The fourth-order valence-electron chi connectivity index (χ4n) is 0.611. The van der Waals surface area contributed by atoms with Crippen LogP contribution in [0.15, 0.2) is 37.7 Å². The highest BCUT2D eigenvalue weighted by molar-refractivity contribution is 5.10. The van der Waals surface area contributed by atoms with E-state index in [9.17, 15) is 4.39 Å². The van der Waals surface area contributed by atoms with E-state index in [2.05, 4.69) is 18.1 Å². The first-order valence-electron chi connectivity index (χ1n) is 3.34. The maximum Gasteiger partial charge on any atom is 0.124 e. The van der Waals surface area contributed by atoms with Crippen molar-refractivity contribution in [2.75, 3.05) is 0 Å². The molecule has 0 amide bonds. The average molecular weight is 153 g/mol. The smallest absolute Gasteiger partial charge is 0.124 e. The third-order valence-electron chi connectivity index (χ3n) is 1.14. The van der Waals surface area contributed by atoms with Gasteiger partial charge in [-0.15, -0.1) is 13.2 Å². The van der Waals surface area contributed by atoms with Gasteiger partial charge in [0.1, 0.15) is 6.17 Å². The lowest BCUT2D eigenvalue weighted by Crippen LogP contribution is -1.84. The predicted octanol–water partition coefficient (Wildman–Crippen LogP) is 2.91. The lowest BCUT2D eigenvalue weighted by atomic mass is 10.2.